The molecule has 2 heterocycles. The number of amides is 1. The molecule has 2 saturated carbocycles. The SMILES string of the molecule is O=C(Nc1nc2ccc(-c3cnc(COC4CCCC4)nc3)c(Cl)c2s1)C1CC1. The number of thiazole rings is 1. The van der Waals surface area contributed by atoms with Crippen LogP contribution >= 0.6 is 22.9 Å². The lowest BCUT2D eigenvalue weighted by atomic mass is 10.1. The van der Waals surface area contributed by atoms with E-state index in [-0.39, 0.29) is 11.8 Å². The predicted molar refractivity (Wildman–Crippen MR) is 114 cm³/mol. The van der Waals surface area contributed by atoms with Gasteiger partial charge < -0.3 is 10.1 Å². The summed E-state index contributed by atoms with van der Waals surface area (Å²) in [6, 6.07) is 3.83. The quantitative estimate of drug-likeness (QED) is 0.582. The van der Waals surface area contributed by atoms with E-state index in [1.165, 1.54) is 24.2 Å². The van der Waals surface area contributed by atoms with E-state index in [1.807, 2.05) is 12.1 Å². The van der Waals surface area contributed by atoms with Crippen LogP contribution in [0.2, 0.25) is 5.02 Å². The number of anilines is 1. The summed E-state index contributed by atoms with van der Waals surface area (Å²) < 4.78 is 6.73. The molecule has 0 radical (unpaired) electrons. The molecule has 0 spiro atoms. The van der Waals surface area contributed by atoms with Crippen LogP contribution in [0.25, 0.3) is 21.3 Å². The van der Waals surface area contributed by atoms with Crippen molar-refractivity contribution in [2.24, 2.45) is 5.92 Å². The van der Waals surface area contributed by atoms with Gasteiger partial charge in [0.05, 0.1) is 21.3 Å². The van der Waals surface area contributed by atoms with Gasteiger partial charge in [-0.3, -0.25) is 4.79 Å². The second kappa shape index (κ2) is 7.97. The summed E-state index contributed by atoms with van der Waals surface area (Å²) in [5, 5.41) is 4.09. The summed E-state index contributed by atoms with van der Waals surface area (Å²) in [7, 11) is 0. The number of nitrogens with one attached hydrogen (secondary N) is 1. The van der Waals surface area contributed by atoms with Crippen LogP contribution in [0.4, 0.5) is 5.13 Å². The van der Waals surface area contributed by atoms with Crippen molar-refractivity contribution in [3.8, 4) is 11.1 Å². The molecule has 2 aromatic heterocycles. The number of ether oxygens (including phenoxy) is 1. The van der Waals surface area contributed by atoms with Crippen molar-refractivity contribution in [3.05, 3.63) is 35.4 Å². The Hall–Kier alpha value is -2.09. The van der Waals surface area contributed by atoms with Crippen molar-refractivity contribution < 1.29 is 9.53 Å². The fraction of sp³-hybridized carbons (Fsp3) is 0.429. The van der Waals surface area contributed by atoms with Gasteiger partial charge in [-0.15, -0.1) is 0 Å². The first kappa shape index (κ1) is 18.9. The standard InChI is InChI=1S/C21H21ClN4O2S/c22-18-15(13-9-23-17(24-10-13)11-28-14-3-1-2-4-14)7-8-16-19(18)29-21(25-16)26-20(27)12-5-6-12/h7-10,12,14H,1-6,11H2,(H,25,26,27). The summed E-state index contributed by atoms with van der Waals surface area (Å²) in [4.78, 5) is 25.4. The summed E-state index contributed by atoms with van der Waals surface area (Å²) in [6.45, 7) is 0.441. The lowest BCUT2D eigenvalue weighted by Crippen LogP contribution is -2.12. The average Bonchev–Trinajstić information content (AvgIpc) is 3.30. The van der Waals surface area contributed by atoms with E-state index in [4.69, 9.17) is 16.3 Å². The topological polar surface area (TPSA) is 77.0 Å². The Kier molecular flexibility index (Phi) is 5.20. The van der Waals surface area contributed by atoms with E-state index in [0.717, 1.165) is 47.0 Å². The maximum Gasteiger partial charge on any atom is 0.229 e. The molecular formula is C21H21ClN4O2S. The molecule has 0 bridgehead atoms. The van der Waals surface area contributed by atoms with Gasteiger partial charge in [-0.05, 0) is 31.7 Å². The minimum absolute atomic E-state index is 0.0456. The molecule has 0 atom stereocenters. The van der Waals surface area contributed by atoms with Gasteiger partial charge in [-0.2, -0.15) is 0 Å². The zero-order valence-corrected chi connectivity index (χ0v) is 17.4. The molecule has 2 aliphatic carbocycles. The van der Waals surface area contributed by atoms with Gasteiger partial charge in [0.1, 0.15) is 6.61 Å². The van der Waals surface area contributed by atoms with Gasteiger partial charge in [0.25, 0.3) is 0 Å². The van der Waals surface area contributed by atoms with Crippen LogP contribution in [-0.2, 0) is 16.1 Å². The molecule has 6 nitrogen and oxygen atoms in total. The van der Waals surface area contributed by atoms with Crippen LogP contribution in [0.5, 0.6) is 0 Å². The van der Waals surface area contributed by atoms with Gasteiger partial charge in [0.2, 0.25) is 5.91 Å². The molecule has 0 unspecified atom stereocenters. The first-order valence-corrected chi connectivity index (χ1v) is 11.2. The van der Waals surface area contributed by atoms with Gasteiger partial charge in [0, 0.05) is 29.4 Å². The fourth-order valence-electron chi connectivity index (χ4n) is 3.61. The minimum atomic E-state index is 0.0456. The maximum atomic E-state index is 12.0. The van der Waals surface area contributed by atoms with Crippen LogP contribution < -0.4 is 5.32 Å². The summed E-state index contributed by atoms with van der Waals surface area (Å²) in [5.74, 6) is 0.867. The average molecular weight is 429 g/mol. The number of halogens is 1. The zero-order valence-electron chi connectivity index (χ0n) is 15.9. The van der Waals surface area contributed by atoms with Gasteiger partial charge in [0.15, 0.2) is 11.0 Å². The molecule has 2 aliphatic rings. The van der Waals surface area contributed by atoms with Crippen molar-refractivity contribution in [2.45, 2.75) is 51.2 Å². The molecular weight excluding hydrogens is 408 g/mol. The van der Waals surface area contributed by atoms with Crippen LogP contribution in [0, 0.1) is 5.92 Å². The first-order valence-electron chi connectivity index (χ1n) is 10.00. The highest BCUT2D eigenvalue weighted by atomic mass is 35.5. The van der Waals surface area contributed by atoms with Crippen LogP contribution in [-0.4, -0.2) is 27.0 Å². The highest BCUT2D eigenvalue weighted by Crippen LogP contribution is 2.39. The van der Waals surface area contributed by atoms with Gasteiger partial charge in [-0.1, -0.05) is 41.8 Å². The van der Waals surface area contributed by atoms with E-state index in [1.54, 1.807) is 12.4 Å². The largest absolute Gasteiger partial charge is 0.370 e. The van der Waals surface area contributed by atoms with E-state index in [2.05, 4.69) is 20.3 Å². The Morgan fingerprint density at radius 2 is 1.93 bits per heavy atom. The Bertz CT molecular complexity index is 1040. The molecule has 8 heteroatoms. The second-order valence-electron chi connectivity index (χ2n) is 7.66. The molecule has 1 amide bonds. The highest BCUT2D eigenvalue weighted by Gasteiger charge is 2.30. The third-order valence-corrected chi connectivity index (χ3v) is 6.95. The van der Waals surface area contributed by atoms with Gasteiger partial charge >= 0.3 is 0 Å². The number of nitrogens with zero attached hydrogens (tertiary/aromatic N) is 3. The lowest BCUT2D eigenvalue weighted by Gasteiger charge is -2.10. The normalized spacial score (nSPS) is 17.1. The van der Waals surface area contributed by atoms with E-state index in [0.29, 0.717) is 28.7 Å². The maximum absolute atomic E-state index is 12.0. The summed E-state index contributed by atoms with van der Waals surface area (Å²) >= 11 is 8.06. The first-order chi connectivity index (χ1) is 14.2. The van der Waals surface area contributed by atoms with Crippen LogP contribution in [0.1, 0.15) is 44.3 Å². The molecule has 5 rings (SSSR count). The van der Waals surface area contributed by atoms with E-state index < -0.39 is 0 Å². The molecule has 1 aromatic carbocycles. The number of rotatable bonds is 6. The minimum Gasteiger partial charge on any atom is -0.370 e. The molecule has 0 aliphatic heterocycles. The smallest absolute Gasteiger partial charge is 0.229 e. The number of benzene rings is 1. The molecule has 2 fully saturated rings. The molecule has 150 valence electrons. The van der Waals surface area contributed by atoms with Crippen molar-refractivity contribution in [1.29, 1.82) is 0 Å². The number of fused-ring (bicyclic) bond motifs is 1. The van der Waals surface area contributed by atoms with Crippen molar-refractivity contribution >= 4 is 44.2 Å². The van der Waals surface area contributed by atoms with Crippen molar-refractivity contribution in [3.63, 3.8) is 0 Å². The molecule has 29 heavy (non-hydrogen) atoms. The van der Waals surface area contributed by atoms with Crippen LogP contribution in [0.15, 0.2) is 24.5 Å². The van der Waals surface area contributed by atoms with Crippen molar-refractivity contribution in [1.82, 2.24) is 15.0 Å². The van der Waals surface area contributed by atoms with Crippen molar-refractivity contribution in [2.75, 3.05) is 5.32 Å². The lowest BCUT2D eigenvalue weighted by molar-refractivity contribution is -0.117. The third-order valence-electron chi connectivity index (χ3n) is 5.44. The predicted octanol–water partition coefficient (Wildman–Crippen LogP) is 5.21. The zero-order chi connectivity index (χ0) is 19.8. The Morgan fingerprint density at radius 1 is 1.17 bits per heavy atom. The number of hydrogen-bond acceptors (Lipinski definition) is 6. The molecule has 0 saturated heterocycles. The Labute approximate surface area is 177 Å². The number of aromatic nitrogens is 3. The number of hydrogen-bond donors (Lipinski definition) is 1. The van der Waals surface area contributed by atoms with E-state index in [9.17, 15) is 4.79 Å². The summed E-state index contributed by atoms with van der Waals surface area (Å²) in [6.07, 6.45) is 10.6. The summed E-state index contributed by atoms with van der Waals surface area (Å²) in [5.41, 5.74) is 2.47. The second-order valence-corrected chi connectivity index (χ2v) is 9.04. The Balaban J connectivity index is 1.33. The van der Waals surface area contributed by atoms with Crippen LogP contribution in [0.3, 0.4) is 0 Å². The highest BCUT2D eigenvalue weighted by molar-refractivity contribution is 7.23. The third kappa shape index (κ3) is 4.13. The number of carbonyl (C=O) groups excluding carboxylic acids is 1. The van der Waals surface area contributed by atoms with Gasteiger partial charge in [-0.25, -0.2) is 15.0 Å². The number of carbonyl (C=O) groups is 1. The molecule has 3 aromatic rings. The Morgan fingerprint density at radius 3 is 2.66 bits per heavy atom. The molecule has 1 N–H and O–H groups in total. The fourth-order valence-corrected chi connectivity index (χ4v) is 4.90. The monoisotopic (exact) mass is 428 g/mol. The van der Waals surface area contributed by atoms with E-state index >= 15 is 0 Å².